The maximum Gasteiger partial charge on any atom is 0.126 e. The lowest BCUT2D eigenvalue weighted by Gasteiger charge is -2.35. The van der Waals surface area contributed by atoms with Crippen molar-refractivity contribution in [3.63, 3.8) is 0 Å². The molecule has 0 amide bonds. The standard InChI is InChI=1S/C19H25NO/c1-14-9-11-20(12-10-14)15(2)13-17-8-7-16-5-3-4-6-18(16)19(17)21/h3-8,14-15,21H,9-13H2,1-2H3. The molecule has 1 aliphatic rings. The zero-order chi connectivity index (χ0) is 14.8. The highest BCUT2D eigenvalue weighted by Gasteiger charge is 2.21. The largest absolute Gasteiger partial charge is 0.507 e. The summed E-state index contributed by atoms with van der Waals surface area (Å²) in [7, 11) is 0. The van der Waals surface area contributed by atoms with E-state index in [-0.39, 0.29) is 0 Å². The van der Waals surface area contributed by atoms with Crippen LogP contribution in [0.5, 0.6) is 5.75 Å². The number of nitrogens with zero attached hydrogens (tertiary/aromatic N) is 1. The molecule has 1 atom stereocenters. The van der Waals surface area contributed by atoms with Gasteiger partial charge in [0, 0.05) is 11.4 Å². The first-order chi connectivity index (χ1) is 10.1. The molecule has 21 heavy (non-hydrogen) atoms. The molecule has 1 fully saturated rings. The lowest BCUT2D eigenvalue weighted by molar-refractivity contribution is 0.146. The molecule has 112 valence electrons. The van der Waals surface area contributed by atoms with Crippen molar-refractivity contribution >= 4 is 10.8 Å². The summed E-state index contributed by atoms with van der Waals surface area (Å²) < 4.78 is 0. The predicted octanol–water partition coefficient (Wildman–Crippen LogP) is 4.21. The predicted molar refractivity (Wildman–Crippen MR) is 88.7 cm³/mol. The minimum atomic E-state index is 0.463. The molecule has 1 aliphatic heterocycles. The highest BCUT2D eigenvalue weighted by molar-refractivity contribution is 5.89. The zero-order valence-electron chi connectivity index (χ0n) is 13.0. The van der Waals surface area contributed by atoms with E-state index in [0.717, 1.165) is 28.7 Å². The molecule has 0 bridgehead atoms. The average Bonchev–Trinajstić information content (AvgIpc) is 2.51. The molecule has 3 rings (SSSR count). The lowest BCUT2D eigenvalue weighted by atomic mass is 9.95. The fourth-order valence-electron chi connectivity index (χ4n) is 3.38. The molecule has 1 unspecified atom stereocenters. The summed E-state index contributed by atoms with van der Waals surface area (Å²) in [6, 6.07) is 12.7. The Hall–Kier alpha value is -1.54. The number of benzene rings is 2. The van der Waals surface area contributed by atoms with E-state index in [4.69, 9.17) is 0 Å². The van der Waals surface area contributed by atoms with Gasteiger partial charge in [0.2, 0.25) is 0 Å². The molecule has 0 spiro atoms. The van der Waals surface area contributed by atoms with Gasteiger partial charge in [-0.1, -0.05) is 43.3 Å². The van der Waals surface area contributed by atoms with Crippen LogP contribution in [0.3, 0.4) is 0 Å². The van der Waals surface area contributed by atoms with Crippen molar-refractivity contribution in [1.82, 2.24) is 4.90 Å². The normalized spacial score (nSPS) is 19.0. The molecule has 2 heteroatoms. The van der Waals surface area contributed by atoms with Crippen molar-refractivity contribution in [3.05, 3.63) is 42.0 Å². The minimum absolute atomic E-state index is 0.463. The van der Waals surface area contributed by atoms with Gasteiger partial charge in [-0.25, -0.2) is 0 Å². The summed E-state index contributed by atoms with van der Waals surface area (Å²) in [5, 5.41) is 12.6. The van der Waals surface area contributed by atoms with Crippen LogP contribution >= 0.6 is 0 Å². The smallest absolute Gasteiger partial charge is 0.126 e. The Morgan fingerprint density at radius 3 is 2.62 bits per heavy atom. The fraction of sp³-hybridized carbons (Fsp3) is 0.474. The number of fused-ring (bicyclic) bond motifs is 1. The number of piperidine rings is 1. The van der Waals surface area contributed by atoms with Crippen molar-refractivity contribution in [1.29, 1.82) is 0 Å². The van der Waals surface area contributed by atoms with Gasteiger partial charge in [0.1, 0.15) is 5.75 Å². The zero-order valence-corrected chi connectivity index (χ0v) is 13.0. The Morgan fingerprint density at radius 2 is 1.86 bits per heavy atom. The topological polar surface area (TPSA) is 23.5 Å². The van der Waals surface area contributed by atoms with Gasteiger partial charge in [-0.15, -0.1) is 0 Å². The monoisotopic (exact) mass is 283 g/mol. The van der Waals surface area contributed by atoms with Crippen LogP contribution in [-0.4, -0.2) is 29.1 Å². The summed E-state index contributed by atoms with van der Waals surface area (Å²) in [5.74, 6) is 1.33. The molecule has 1 saturated heterocycles. The van der Waals surface area contributed by atoms with Crippen LogP contribution in [0, 0.1) is 5.92 Å². The molecule has 0 saturated carbocycles. The third kappa shape index (κ3) is 3.06. The Morgan fingerprint density at radius 1 is 1.14 bits per heavy atom. The number of phenolic OH excluding ortho intramolecular Hbond substituents is 1. The molecule has 1 heterocycles. The number of likely N-dealkylation sites (tertiary alicyclic amines) is 1. The molecule has 2 nitrogen and oxygen atoms in total. The molecule has 0 radical (unpaired) electrons. The first-order valence-electron chi connectivity index (χ1n) is 8.09. The second kappa shape index (κ2) is 6.07. The van der Waals surface area contributed by atoms with Crippen LogP contribution in [0.2, 0.25) is 0 Å². The van der Waals surface area contributed by atoms with Crippen LogP contribution < -0.4 is 0 Å². The molecular formula is C19H25NO. The van der Waals surface area contributed by atoms with Crippen LogP contribution in [0.1, 0.15) is 32.3 Å². The summed E-state index contributed by atoms with van der Waals surface area (Å²) in [4.78, 5) is 2.56. The Balaban J connectivity index is 1.77. The second-order valence-electron chi connectivity index (χ2n) is 6.57. The molecular weight excluding hydrogens is 258 g/mol. The maximum absolute atomic E-state index is 10.5. The van der Waals surface area contributed by atoms with Crippen molar-refractivity contribution in [2.24, 2.45) is 5.92 Å². The highest BCUT2D eigenvalue weighted by Crippen LogP contribution is 2.30. The third-order valence-electron chi connectivity index (χ3n) is 4.94. The SMILES string of the molecule is CC1CCN(C(C)Cc2ccc3ccccc3c2O)CC1. The van der Waals surface area contributed by atoms with Gasteiger partial charge < -0.3 is 10.0 Å². The number of phenols is 1. The van der Waals surface area contributed by atoms with E-state index in [1.54, 1.807) is 0 Å². The van der Waals surface area contributed by atoms with Crippen LogP contribution in [-0.2, 0) is 6.42 Å². The molecule has 1 N–H and O–H groups in total. The summed E-state index contributed by atoms with van der Waals surface area (Å²) in [6.45, 7) is 7.01. The Bertz CT molecular complexity index is 614. The van der Waals surface area contributed by atoms with Gasteiger partial charge in [0.25, 0.3) is 0 Å². The second-order valence-corrected chi connectivity index (χ2v) is 6.57. The maximum atomic E-state index is 10.5. The van der Waals surface area contributed by atoms with Crippen molar-refractivity contribution < 1.29 is 5.11 Å². The van der Waals surface area contributed by atoms with Gasteiger partial charge in [-0.2, -0.15) is 0 Å². The van der Waals surface area contributed by atoms with Gasteiger partial charge in [-0.3, -0.25) is 0 Å². The Kier molecular flexibility index (Phi) is 4.16. The van der Waals surface area contributed by atoms with Gasteiger partial charge in [0.05, 0.1) is 0 Å². The molecule has 2 aromatic rings. The number of hydrogen-bond donors (Lipinski definition) is 1. The quantitative estimate of drug-likeness (QED) is 0.912. The van der Waals surface area contributed by atoms with E-state index in [0.29, 0.717) is 11.8 Å². The summed E-state index contributed by atoms with van der Waals surface area (Å²) >= 11 is 0. The highest BCUT2D eigenvalue weighted by atomic mass is 16.3. The van der Waals surface area contributed by atoms with Crippen LogP contribution in [0.25, 0.3) is 10.8 Å². The molecule has 2 aromatic carbocycles. The van der Waals surface area contributed by atoms with Crippen molar-refractivity contribution in [3.8, 4) is 5.75 Å². The van der Waals surface area contributed by atoms with Crippen molar-refractivity contribution in [2.75, 3.05) is 13.1 Å². The van der Waals surface area contributed by atoms with Gasteiger partial charge >= 0.3 is 0 Å². The Labute approximate surface area is 127 Å². The third-order valence-corrected chi connectivity index (χ3v) is 4.94. The van der Waals surface area contributed by atoms with E-state index >= 15 is 0 Å². The lowest BCUT2D eigenvalue weighted by Crippen LogP contribution is -2.40. The minimum Gasteiger partial charge on any atom is -0.507 e. The van der Waals surface area contributed by atoms with Gasteiger partial charge in [-0.05, 0) is 56.1 Å². The van der Waals surface area contributed by atoms with E-state index in [9.17, 15) is 5.11 Å². The number of hydrogen-bond acceptors (Lipinski definition) is 2. The van der Waals surface area contributed by atoms with E-state index in [1.165, 1.54) is 25.9 Å². The fourth-order valence-corrected chi connectivity index (χ4v) is 3.38. The van der Waals surface area contributed by atoms with Crippen LogP contribution in [0.15, 0.2) is 36.4 Å². The van der Waals surface area contributed by atoms with E-state index in [1.807, 2.05) is 24.3 Å². The van der Waals surface area contributed by atoms with Crippen LogP contribution in [0.4, 0.5) is 0 Å². The van der Waals surface area contributed by atoms with Crippen molar-refractivity contribution in [2.45, 2.75) is 39.2 Å². The molecule has 0 aromatic heterocycles. The van der Waals surface area contributed by atoms with Gasteiger partial charge in [0.15, 0.2) is 0 Å². The number of aromatic hydroxyl groups is 1. The first kappa shape index (κ1) is 14.4. The average molecular weight is 283 g/mol. The number of rotatable bonds is 3. The first-order valence-corrected chi connectivity index (χ1v) is 8.09. The van der Waals surface area contributed by atoms with E-state index in [2.05, 4.69) is 30.9 Å². The summed E-state index contributed by atoms with van der Waals surface area (Å²) in [5.41, 5.74) is 1.07. The molecule has 0 aliphatic carbocycles. The summed E-state index contributed by atoms with van der Waals surface area (Å²) in [6.07, 6.45) is 3.52. The van der Waals surface area contributed by atoms with E-state index < -0.39 is 0 Å².